The van der Waals surface area contributed by atoms with Crippen LogP contribution in [0.4, 0.5) is 5.69 Å². The fraction of sp³-hybridized carbons (Fsp3) is 0.105. The second-order valence-corrected chi connectivity index (χ2v) is 5.35. The molecule has 0 aliphatic carbocycles. The van der Waals surface area contributed by atoms with Crippen molar-refractivity contribution in [1.82, 2.24) is 0 Å². The van der Waals surface area contributed by atoms with Gasteiger partial charge in [-0.1, -0.05) is 24.3 Å². The molecular formula is C19H17NO2. The maximum atomic E-state index is 12.6. The number of carbonyl (C=O) groups is 1. The zero-order valence-corrected chi connectivity index (χ0v) is 12.6. The van der Waals surface area contributed by atoms with Crippen molar-refractivity contribution in [3.05, 3.63) is 77.6 Å². The molecule has 0 bridgehead atoms. The van der Waals surface area contributed by atoms with Crippen LogP contribution in [0.25, 0.3) is 11.3 Å². The molecule has 0 saturated heterocycles. The first-order chi connectivity index (χ1) is 10.6. The average molecular weight is 291 g/mol. The summed E-state index contributed by atoms with van der Waals surface area (Å²) in [5.74, 6) is 0.545. The minimum atomic E-state index is -0.142. The van der Waals surface area contributed by atoms with Gasteiger partial charge in [-0.15, -0.1) is 0 Å². The molecule has 0 radical (unpaired) electrons. The van der Waals surface area contributed by atoms with Crippen LogP contribution in [0.2, 0.25) is 0 Å². The van der Waals surface area contributed by atoms with Gasteiger partial charge >= 0.3 is 0 Å². The third-order valence-electron chi connectivity index (χ3n) is 3.44. The van der Waals surface area contributed by atoms with Crippen molar-refractivity contribution in [3.8, 4) is 11.3 Å². The first kappa shape index (κ1) is 14.1. The molecule has 110 valence electrons. The van der Waals surface area contributed by atoms with E-state index in [1.54, 1.807) is 12.3 Å². The lowest BCUT2D eigenvalue weighted by Gasteiger charge is -2.10. The van der Waals surface area contributed by atoms with Crippen molar-refractivity contribution in [2.45, 2.75) is 13.8 Å². The molecule has 1 N–H and O–H groups in total. The summed E-state index contributed by atoms with van der Waals surface area (Å²) in [6.45, 7) is 4.03. The molecule has 0 atom stereocenters. The average Bonchev–Trinajstić information content (AvgIpc) is 3.00. The van der Waals surface area contributed by atoms with Crippen LogP contribution in [-0.4, -0.2) is 5.91 Å². The first-order valence-corrected chi connectivity index (χ1v) is 7.16. The van der Waals surface area contributed by atoms with Crippen LogP contribution < -0.4 is 5.32 Å². The molecule has 3 nitrogen and oxygen atoms in total. The van der Waals surface area contributed by atoms with E-state index in [2.05, 4.69) is 11.4 Å². The van der Waals surface area contributed by atoms with Gasteiger partial charge in [-0.25, -0.2) is 0 Å². The van der Waals surface area contributed by atoms with Crippen LogP contribution in [0.15, 0.2) is 65.3 Å². The Labute approximate surface area is 129 Å². The minimum absolute atomic E-state index is 0.142. The quantitative estimate of drug-likeness (QED) is 0.752. The van der Waals surface area contributed by atoms with Crippen molar-refractivity contribution in [2.24, 2.45) is 0 Å². The largest absolute Gasteiger partial charge is 0.464 e. The van der Waals surface area contributed by atoms with Gasteiger partial charge in [0.05, 0.1) is 11.8 Å². The van der Waals surface area contributed by atoms with Crippen LogP contribution >= 0.6 is 0 Å². The predicted octanol–water partition coefficient (Wildman–Crippen LogP) is 4.82. The van der Waals surface area contributed by atoms with E-state index in [-0.39, 0.29) is 5.91 Å². The van der Waals surface area contributed by atoms with Crippen molar-refractivity contribution in [1.29, 1.82) is 0 Å². The lowest BCUT2D eigenvalue weighted by Crippen LogP contribution is -2.13. The highest BCUT2D eigenvalue weighted by atomic mass is 16.3. The molecule has 0 unspecified atom stereocenters. The standard InChI is InChI=1S/C19H17NO2/c1-13-10-14(2)12-15(11-13)20-19(21)17-7-4-3-6-16(17)18-8-5-9-22-18/h3-12H,1-2H3,(H,20,21). The van der Waals surface area contributed by atoms with E-state index in [1.165, 1.54) is 0 Å². The van der Waals surface area contributed by atoms with Gasteiger partial charge in [0, 0.05) is 11.3 Å². The molecule has 0 fully saturated rings. The fourth-order valence-electron chi connectivity index (χ4n) is 2.57. The smallest absolute Gasteiger partial charge is 0.256 e. The molecule has 0 aliphatic heterocycles. The zero-order valence-electron chi connectivity index (χ0n) is 12.6. The van der Waals surface area contributed by atoms with Gasteiger partial charge in [-0.05, 0) is 55.3 Å². The Balaban J connectivity index is 1.93. The predicted molar refractivity (Wildman–Crippen MR) is 88.0 cm³/mol. The molecule has 1 amide bonds. The van der Waals surface area contributed by atoms with Crippen molar-refractivity contribution >= 4 is 11.6 Å². The third-order valence-corrected chi connectivity index (χ3v) is 3.44. The summed E-state index contributed by atoms with van der Waals surface area (Å²) < 4.78 is 5.42. The van der Waals surface area contributed by atoms with Crippen LogP contribution in [0.3, 0.4) is 0 Å². The Hall–Kier alpha value is -2.81. The molecule has 1 heterocycles. The zero-order chi connectivity index (χ0) is 15.5. The number of hydrogen-bond acceptors (Lipinski definition) is 2. The van der Waals surface area contributed by atoms with Gasteiger partial charge in [-0.3, -0.25) is 4.79 Å². The number of nitrogens with one attached hydrogen (secondary N) is 1. The van der Waals surface area contributed by atoms with Crippen LogP contribution in [0.5, 0.6) is 0 Å². The molecule has 3 heteroatoms. The van der Waals surface area contributed by atoms with E-state index in [9.17, 15) is 4.79 Å². The highest BCUT2D eigenvalue weighted by Gasteiger charge is 2.14. The minimum Gasteiger partial charge on any atom is -0.464 e. The number of carbonyl (C=O) groups excluding carboxylic acids is 1. The SMILES string of the molecule is Cc1cc(C)cc(NC(=O)c2ccccc2-c2ccco2)c1. The normalized spacial score (nSPS) is 10.5. The van der Waals surface area contributed by atoms with Crippen LogP contribution in [0, 0.1) is 13.8 Å². The van der Waals surface area contributed by atoms with E-state index < -0.39 is 0 Å². The number of benzene rings is 2. The number of aryl methyl sites for hydroxylation is 2. The number of anilines is 1. The van der Waals surface area contributed by atoms with Crippen LogP contribution in [-0.2, 0) is 0 Å². The summed E-state index contributed by atoms with van der Waals surface area (Å²) in [6, 6.07) is 17.1. The Morgan fingerprint density at radius 1 is 0.955 bits per heavy atom. The lowest BCUT2D eigenvalue weighted by atomic mass is 10.0. The molecule has 22 heavy (non-hydrogen) atoms. The Kier molecular flexibility index (Phi) is 3.79. The maximum absolute atomic E-state index is 12.6. The van der Waals surface area contributed by atoms with Crippen molar-refractivity contribution in [3.63, 3.8) is 0 Å². The maximum Gasteiger partial charge on any atom is 0.256 e. The Morgan fingerprint density at radius 3 is 2.36 bits per heavy atom. The molecular weight excluding hydrogens is 274 g/mol. The summed E-state index contributed by atoms with van der Waals surface area (Å²) in [5.41, 5.74) is 4.42. The van der Waals surface area contributed by atoms with Gasteiger partial charge in [0.2, 0.25) is 0 Å². The molecule has 3 rings (SSSR count). The fourth-order valence-corrected chi connectivity index (χ4v) is 2.57. The number of rotatable bonds is 3. The number of amides is 1. The van der Waals surface area contributed by atoms with E-state index >= 15 is 0 Å². The molecule has 3 aromatic rings. The van der Waals surface area contributed by atoms with E-state index in [0.29, 0.717) is 11.3 Å². The topological polar surface area (TPSA) is 42.2 Å². The van der Waals surface area contributed by atoms with Gasteiger partial charge in [0.15, 0.2) is 0 Å². The Morgan fingerprint density at radius 2 is 1.68 bits per heavy atom. The lowest BCUT2D eigenvalue weighted by molar-refractivity contribution is 0.102. The van der Waals surface area contributed by atoms with Gasteiger partial charge < -0.3 is 9.73 Å². The van der Waals surface area contributed by atoms with Gasteiger partial charge in [0.25, 0.3) is 5.91 Å². The summed E-state index contributed by atoms with van der Waals surface area (Å²) in [7, 11) is 0. The van der Waals surface area contributed by atoms with Crippen molar-refractivity contribution < 1.29 is 9.21 Å². The van der Waals surface area contributed by atoms with Gasteiger partial charge in [-0.2, -0.15) is 0 Å². The number of hydrogen-bond donors (Lipinski definition) is 1. The van der Waals surface area contributed by atoms with E-state index in [0.717, 1.165) is 22.4 Å². The number of furan rings is 1. The molecule has 0 aliphatic rings. The second kappa shape index (κ2) is 5.90. The highest BCUT2D eigenvalue weighted by Crippen LogP contribution is 2.25. The molecule has 1 aromatic heterocycles. The van der Waals surface area contributed by atoms with E-state index in [1.807, 2.05) is 56.3 Å². The van der Waals surface area contributed by atoms with E-state index in [4.69, 9.17) is 4.42 Å². The highest BCUT2D eigenvalue weighted by molar-refractivity contribution is 6.08. The second-order valence-electron chi connectivity index (χ2n) is 5.35. The summed E-state index contributed by atoms with van der Waals surface area (Å²) in [6.07, 6.45) is 1.61. The first-order valence-electron chi connectivity index (χ1n) is 7.16. The van der Waals surface area contributed by atoms with Gasteiger partial charge in [0.1, 0.15) is 5.76 Å². The summed E-state index contributed by atoms with van der Waals surface area (Å²) >= 11 is 0. The third kappa shape index (κ3) is 2.93. The summed E-state index contributed by atoms with van der Waals surface area (Å²) in [5, 5.41) is 2.96. The van der Waals surface area contributed by atoms with Crippen LogP contribution in [0.1, 0.15) is 21.5 Å². The van der Waals surface area contributed by atoms with Crippen molar-refractivity contribution in [2.75, 3.05) is 5.32 Å². The Bertz CT molecular complexity index is 784. The molecule has 0 saturated carbocycles. The molecule has 2 aromatic carbocycles. The monoisotopic (exact) mass is 291 g/mol. The molecule has 0 spiro atoms. The summed E-state index contributed by atoms with van der Waals surface area (Å²) in [4.78, 5) is 12.6.